The number of esters is 1. The van der Waals surface area contributed by atoms with Crippen molar-refractivity contribution in [3.63, 3.8) is 0 Å². The number of ether oxygens (including phenoxy) is 3. The molecule has 0 aromatic heterocycles. The van der Waals surface area contributed by atoms with Gasteiger partial charge in [0.15, 0.2) is 0 Å². The number of nitrogens with zero attached hydrogens (tertiary/aromatic N) is 1. The van der Waals surface area contributed by atoms with E-state index >= 15 is 0 Å². The topological polar surface area (TPSA) is 74.0 Å². The minimum absolute atomic E-state index is 0.355. The Morgan fingerprint density at radius 2 is 1.89 bits per heavy atom. The fourth-order valence-electron chi connectivity index (χ4n) is 1.55. The minimum Gasteiger partial charge on any atom is -0.465 e. The Morgan fingerprint density at radius 3 is 2.44 bits per heavy atom. The average Bonchev–Trinajstić information content (AvgIpc) is 2.36. The van der Waals surface area contributed by atoms with Crippen LogP contribution in [0, 0.1) is 0 Å². The van der Waals surface area contributed by atoms with Gasteiger partial charge in [-0.15, -0.1) is 0 Å². The van der Waals surface area contributed by atoms with Gasteiger partial charge in [-0.1, -0.05) is 0 Å². The van der Waals surface area contributed by atoms with Crippen molar-refractivity contribution >= 4 is 5.97 Å². The minimum atomic E-state index is -0.607. The second-order valence-corrected chi connectivity index (χ2v) is 4.00. The summed E-state index contributed by atoms with van der Waals surface area (Å²) in [7, 11) is 3.32. The van der Waals surface area contributed by atoms with Gasteiger partial charge < -0.3 is 19.9 Å². The summed E-state index contributed by atoms with van der Waals surface area (Å²) in [4.78, 5) is 13.5. The lowest BCUT2D eigenvalue weighted by atomic mass is 10.2. The first-order valence-electron chi connectivity index (χ1n) is 6.28. The molecule has 6 nitrogen and oxygen atoms in total. The molecule has 1 atom stereocenters. The van der Waals surface area contributed by atoms with Crippen LogP contribution in [0.5, 0.6) is 0 Å². The van der Waals surface area contributed by atoms with Gasteiger partial charge in [-0.2, -0.15) is 0 Å². The van der Waals surface area contributed by atoms with Crippen molar-refractivity contribution in [3.05, 3.63) is 0 Å². The summed E-state index contributed by atoms with van der Waals surface area (Å²) in [6.45, 7) is 5.48. The number of carbonyl (C=O) groups is 1. The molecule has 1 unspecified atom stereocenters. The molecule has 0 bridgehead atoms. The Bertz CT molecular complexity index is 214. The molecule has 0 aromatic carbocycles. The van der Waals surface area contributed by atoms with E-state index in [9.17, 15) is 4.79 Å². The van der Waals surface area contributed by atoms with Gasteiger partial charge in [-0.25, -0.2) is 0 Å². The number of methoxy groups -OCH3 is 2. The monoisotopic (exact) mass is 262 g/mol. The molecule has 0 saturated heterocycles. The Kier molecular flexibility index (Phi) is 11.0. The molecule has 0 radical (unpaired) electrons. The first kappa shape index (κ1) is 17.3. The second-order valence-electron chi connectivity index (χ2n) is 4.00. The number of rotatable bonds is 11. The molecule has 6 heteroatoms. The molecule has 108 valence electrons. The lowest BCUT2D eigenvalue weighted by molar-refractivity contribution is -0.145. The van der Waals surface area contributed by atoms with Crippen LogP contribution in [0.2, 0.25) is 0 Å². The maximum atomic E-state index is 11.5. The van der Waals surface area contributed by atoms with Crippen molar-refractivity contribution in [3.8, 4) is 0 Å². The summed E-state index contributed by atoms with van der Waals surface area (Å²) >= 11 is 0. The van der Waals surface area contributed by atoms with Gasteiger partial charge in [-0.3, -0.25) is 9.69 Å². The number of nitrogens with two attached hydrogens (primary N) is 1. The molecule has 0 fully saturated rings. The third-order valence-electron chi connectivity index (χ3n) is 2.48. The largest absolute Gasteiger partial charge is 0.465 e. The maximum absolute atomic E-state index is 11.5. The van der Waals surface area contributed by atoms with Crippen LogP contribution in [-0.4, -0.2) is 70.6 Å². The van der Waals surface area contributed by atoms with Gasteiger partial charge in [0.2, 0.25) is 0 Å². The smallest absolute Gasteiger partial charge is 0.324 e. The van der Waals surface area contributed by atoms with Crippen molar-refractivity contribution in [2.24, 2.45) is 5.73 Å². The molecule has 0 aliphatic heterocycles. The van der Waals surface area contributed by atoms with Crippen LogP contribution in [0.1, 0.15) is 13.3 Å². The first-order chi connectivity index (χ1) is 8.65. The van der Waals surface area contributed by atoms with E-state index < -0.39 is 6.04 Å². The van der Waals surface area contributed by atoms with Crippen LogP contribution >= 0.6 is 0 Å². The normalized spacial score (nSPS) is 12.7. The lowest BCUT2D eigenvalue weighted by Gasteiger charge is -2.24. The highest BCUT2D eigenvalue weighted by Gasteiger charge is 2.18. The zero-order chi connectivity index (χ0) is 13.8. The van der Waals surface area contributed by atoms with Crippen molar-refractivity contribution in [1.82, 2.24) is 4.90 Å². The highest BCUT2D eigenvalue weighted by atomic mass is 16.5. The van der Waals surface area contributed by atoms with Gasteiger partial charge in [-0.05, 0) is 13.3 Å². The predicted octanol–water partition coefficient (Wildman–Crippen LogP) is -0.138. The zero-order valence-corrected chi connectivity index (χ0v) is 11.7. The highest BCUT2D eigenvalue weighted by molar-refractivity contribution is 5.75. The van der Waals surface area contributed by atoms with E-state index in [1.54, 1.807) is 21.1 Å². The van der Waals surface area contributed by atoms with E-state index in [2.05, 4.69) is 4.90 Å². The Morgan fingerprint density at radius 1 is 1.22 bits per heavy atom. The molecule has 0 rings (SSSR count). The predicted molar refractivity (Wildman–Crippen MR) is 69.4 cm³/mol. The van der Waals surface area contributed by atoms with Crippen LogP contribution in [0.25, 0.3) is 0 Å². The molecule has 0 amide bonds. The van der Waals surface area contributed by atoms with E-state index in [0.29, 0.717) is 26.4 Å². The third-order valence-corrected chi connectivity index (χ3v) is 2.48. The summed E-state index contributed by atoms with van der Waals surface area (Å²) in [6.07, 6.45) is 0.899. The molecular formula is C12H26N2O4. The average molecular weight is 262 g/mol. The van der Waals surface area contributed by atoms with Crippen LogP contribution < -0.4 is 5.73 Å². The van der Waals surface area contributed by atoms with Crippen molar-refractivity contribution in [2.45, 2.75) is 19.4 Å². The van der Waals surface area contributed by atoms with Gasteiger partial charge in [0.25, 0.3) is 0 Å². The van der Waals surface area contributed by atoms with Crippen molar-refractivity contribution in [2.75, 3.05) is 53.7 Å². The van der Waals surface area contributed by atoms with E-state index in [4.69, 9.17) is 19.9 Å². The summed E-state index contributed by atoms with van der Waals surface area (Å²) in [5, 5.41) is 0. The third kappa shape index (κ3) is 8.41. The summed E-state index contributed by atoms with van der Waals surface area (Å²) in [5.41, 5.74) is 5.79. The quantitative estimate of drug-likeness (QED) is 0.413. The van der Waals surface area contributed by atoms with Gasteiger partial charge in [0, 0.05) is 40.5 Å². The lowest BCUT2D eigenvalue weighted by Crippen LogP contribution is -2.45. The van der Waals surface area contributed by atoms with Crippen LogP contribution in [0.4, 0.5) is 0 Å². The first-order valence-corrected chi connectivity index (χ1v) is 6.28. The summed E-state index contributed by atoms with van der Waals surface area (Å²) in [6, 6.07) is -0.607. The number of hydrogen-bond donors (Lipinski definition) is 1. The van der Waals surface area contributed by atoms with Crippen LogP contribution in [-0.2, 0) is 19.0 Å². The van der Waals surface area contributed by atoms with Crippen molar-refractivity contribution in [1.29, 1.82) is 0 Å². The van der Waals surface area contributed by atoms with Crippen LogP contribution in [0.15, 0.2) is 0 Å². The number of carbonyl (C=O) groups excluding carboxylic acids is 1. The Balaban J connectivity index is 4.07. The molecule has 0 aliphatic rings. The molecule has 0 aromatic rings. The van der Waals surface area contributed by atoms with E-state index in [1.807, 2.05) is 0 Å². The van der Waals surface area contributed by atoms with Gasteiger partial charge in [0.05, 0.1) is 13.2 Å². The Hall–Kier alpha value is -0.690. The summed E-state index contributed by atoms with van der Waals surface area (Å²) in [5.74, 6) is -0.355. The standard InChI is InChI=1S/C12H26N2O4/c1-4-18-12(15)11(13)10-14(7-9-17-3)6-5-8-16-2/h11H,4-10,13H2,1-3H3. The Labute approximate surface area is 109 Å². The molecule has 0 heterocycles. The van der Waals surface area contributed by atoms with Crippen molar-refractivity contribution < 1.29 is 19.0 Å². The van der Waals surface area contributed by atoms with Crippen LogP contribution in [0.3, 0.4) is 0 Å². The fraction of sp³-hybridized carbons (Fsp3) is 0.917. The van der Waals surface area contributed by atoms with E-state index in [-0.39, 0.29) is 5.97 Å². The van der Waals surface area contributed by atoms with E-state index in [1.165, 1.54) is 0 Å². The second kappa shape index (κ2) is 11.4. The molecule has 2 N–H and O–H groups in total. The van der Waals surface area contributed by atoms with E-state index in [0.717, 1.165) is 19.5 Å². The molecule has 0 aliphatic carbocycles. The molecule has 0 spiro atoms. The highest BCUT2D eigenvalue weighted by Crippen LogP contribution is 1.97. The molecular weight excluding hydrogens is 236 g/mol. The molecule has 18 heavy (non-hydrogen) atoms. The number of hydrogen-bond acceptors (Lipinski definition) is 6. The maximum Gasteiger partial charge on any atom is 0.324 e. The zero-order valence-electron chi connectivity index (χ0n) is 11.7. The molecule has 0 saturated carbocycles. The SMILES string of the molecule is CCOC(=O)C(N)CN(CCCOC)CCOC. The summed E-state index contributed by atoms with van der Waals surface area (Å²) < 4.78 is 14.9. The fourth-order valence-corrected chi connectivity index (χ4v) is 1.55. The van der Waals surface area contributed by atoms with Gasteiger partial charge in [0.1, 0.15) is 6.04 Å². The van der Waals surface area contributed by atoms with Gasteiger partial charge >= 0.3 is 5.97 Å².